The molecule has 2 heterocycles. The molecule has 1 saturated heterocycles. The van der Waals surface area contributed by atoms with E-state index in [2.05, 4.69) is 40.1 Å². The van der Waals surface area contributed by atoms with Gasteiger partial charge in [0.15, 0.2) is 0 Å². The number of hydrogen-bond donors (Lipinski definition) is 1. The van der Waals surface area contributed by atoms with E-state index in [1.165, 1.54) is 11.3 Å². The van der Waals surface area contributed by atoms with E-state index in [9.17, 15) is 9.90 Å². The zero-order valence-corrected chi connectivity index (χ0v) is 16.7. The Morgan fingerprint density at radius 1 is 1.07 bits per heavy atom. The summed E-state index contributed by atoms with van der Waals surface area (Å²) >= 11 is 0. The maximum absolute atomic E-state index is 11.3. The average molecular weight is 403 g/mol. The fraction of sp³-hybridized carbons (Fsp3) is 0.409. The van der Waals surface area contributed by atoms with E-state index in [1.807, 2.05) is 18.2 Å². The lowest BCUT2D eigenvalue weighted by atomic mass is 9.98. The second-order valence-electron chi connectivity index (χ2n) is 7.37. The average Bonchev–Trinajstić information content (AvgIpc) is 2.86. The van der Waals surface area contributed by atoms with Gasteiger partial charge >= 0.3 is 5.97 Å². The number of carboxylic acids is 1. The number of fused-ring (bicyclic) bond motifs is 2. The molecule has 2 aliphatic rings. The number of para-hydroxylation sites is 3. The highest BCUT2D eigenvalue weighted by atomic mass is 35.5. The smallest absolute Gasteiger partial charge is 0.307 e. The highest BCUT2D eigenvalue weighted by Gasteiger charge is 2.26. The van der Waals surface area contributed by atoms with Crippen molar-refractivity contribution in [2.24, 2.45) is 5.92 Å². The topological polar surface area (TPSA) is 53.0 Å². The van der Waals surface area contributed by atoms with Crippen LogP contribution in [-0.4, -0.2) is 42.2 Å². The summed E-state index contributed by atoms with van der Waals surface area (Å²) in [6.07, 6.45) is 2.76. The van der Waals surface area contributed by atoms with E-state index >= 15 is 0 Å². The van der Waals surface area contributed by atoms with Gasteiger partial charge in [-0.2, -0.15) is 0 Å². The first kappa shape index (κ1) is 20.5. The third kappa shape index (κ3) is 4.42. The normalized spacial score (nSPS) is 18.9. The molecule has 1 atom stereocenters. The third-order valence-electron chi connectivity index (χ3n) is 5.53. The molecule has 150 valence electrons. The van der Waals surface area contributed by atoms with Gasteiger partial charge in [0.1, 0.15) is 12.4 Å². The van der Waals surface area contributed by atoms with Crippen LogP contribution < -0.4 is 9.64 Å². The van der Waals surface area contributed by atoms with Gasteiger partial charge in [0.05, 0.1) is 11.6 Å². The molecule has 5 nitrogen and oxygen atoms in total. The number of likely N-dealkylation sites (tertiary alicyclic amines) is 1. The minimum Gasteiger partial charge on any atom is -0.487 e. The first-order valence-electron chi connectivity index (χ1n) is 9.75. The fourth-order valence-electron chi connectivity index (χ4n) is 4.14. The predicted octanol–water partition coefficient (Wildman–Crippen LogP) is 4.33. The summed E-state index contributed by atoms with van der Waals surface area (Å²) in [5.74, 6) is 0.0385. The van der Waals surface area contributed by atoms with Gasteiger partial charge in [0.25, 0.3) is 0 Å². The minimum atomic E-state index is -0.660. The standard InChI is InChI=1S/C22H26N2O3.ClH/c25-22(26)17-8-5-12-23(15-17)13-6-14-24-19-9-2-1-7-18(19)16-27-21-11-4-3-10-20(21)24;/h1-4,7,9-11,17H,5-6,8,12-16H2,(H,25,26);1H/t17-;/m1./s1. The Balaban J connectivity index is 0.00000225. The summed E-state index contributed by atoms with van der Waals surface area (Å²) in [4.78, 5) is 15.9. The van der Waals surface area contributed by atoms with Crippen molar-refractivity contribution in [2.75, 3.05) is 31.1 Å². The van der Waals surface area contributed by atoms with Crippen LogP contribution in [0.4, 0.5) is 11.4 Å². The summed E-state index contributed by atoms with van der Waals surface area (Å²) in [7, 11) is 0. The first-order chi connectivity index (χ1) is 13.2. The van der Waals surface area contributed by atoms with Gasteiger partial charge in [0.2, 0.25) is 0 Å². The van der Waals surface area contributed by atoms with E-state index in [0.29, 0.717) is 13.2 Å². The van der Waals surface area contributed by atoms with Gasteiger partial charge in [-0.15, -0.1) is 12.4 Å². The zero-order chi connectivity index (χ0) is 18.6. The molecule has 2 aromatic carbocycles. The summed E-state index contributed by atoms with van der Waals surface area (Å²) in [5.41, 5.74) is 3.49. The number of carboxylic acid groups (broad SMARTS) is 1. The number of ether oxygens (including phenoxy) is 1. The van der Waals surface area contributed by atoms with Crippen LogP contribution >= 0.6 is 12.4 Å². The summed E-state index contributed by atoms with van der Waals surface area (Å²) in [6, 6.07) is 16.6. The Labute approximate surface area is 172 Å². The van der Waals surface area contributed by atoms with Gasteiger partial charge in [-0.1, -0.05) is 30.3 Å². The lowest BCUT2D eigenvalue weighted by molar-refractivity contribution is -0.143. The van der Waals surface area contributed by atoms with Crippen molar-refractivity contribution in [2.45, 2.75) is 25.9 Å². The zero-order valence-electron chi connectivity index (χ0n) is 15.9. The molecule has 0 aliphatic carbocycles. The molecule has 0 bridgehead atoms. The molecule has 0 radical (unpaired) electrons. The van der Waals surface area contributed by atoms with E-state index in [-0.39, 0.29) is 18.3 Å². The molecular weight excluding hydrogens is 376 g/mol. The number of nitrogens with zero attached hydrogens (tertiary/aromatic N) is 2. The van der Waals surface area contributed by atoms with Crippen molar-refractivity contribution in [3.63, 3.8) is 0 Å². The number of carbonyl (C=O) groups is 1. The van der Waals surface area contributed by atoms with E-state index in [0.717, 1.165) is 50.3 Å². The van der Waals surface area contributed by atoms with Crippen LogP contribution in [0.25, 0.3) is 0 Å². The Hall–Kier alpha value is -2.24. The predicted molar refractivity (Wildman–Crippen MR) is 113 cm³/mol. The second-order valence-corrected chi connectivity index (χ2v) is 7.37. The summed E-state index contributed by atoms with van der Waals surface area (Å²) < 4.78 is 6.02. The van der Waals surface area contributed by atoms with Gasteiger partial charge in [0, 0.05) is 24.3 Å². The minimum absolute atomic E-state index is 0. The van der Waals surface area contributed by atoms with Crippen LogP contribution in [0.1, 0.15) is 24.8 Å². The summed E-state index contributed by atoms with van der Waals surface area (Å²) in [5, 5.41) is 9.29. The second kappa shape index (κ2) is 9.30. The number of benzene rings is 2. The van der Waals surface area contributed by atoms with Crippen LogP contribution in [0.3, 0.4) is 0 Å². The molecule has 0 saturated carbocycles. The SMILES string of the molecule is Cl.O=C(O)[C@@H]1CCCN(CCCN2c3ccccc3COc3ccccc32)C1. The Bertz CT molecular complexity index is 766. The Morgan fingerprint density at radius 3 is 2.64 bits per heavy atom. The number of rotatable bonds is 5. The lowest BCUT2D eigenvalue weighted by Crippen LogP contribution is -2.39. The molecule has 2 aromatic rings. The number of anilines is 2. The van der Waals surface area contributed by atoms with Crippen molar-refractivity contribution in [1.29, 1.82) is 0 Å². The Kier molecular flexibility index (Phi) is 6.81. The number of halogens is 1. The van der Waals surface area contributed by atoms with Gasteiger partial charge in [-0.3, -0.25) is 4.79 Å². The maximum atomic E-state index is 11.3. The molecule has 0 spiro atoms. The molecule has 28 heavy (non-hydrogen) atoms. The molecule has 0 unspecified atom stereocenters. The molecule has 0 amide bonds. The molecule has 6 heteroatoms. The van der Waals surface area contributed by atoms with Crippen molar-refractivity contribution < 1.29 is 14.6 Å². The van der Waals surface area contributed by atoms with Crippen molar-refractivity contribution >= 4 is 29.8 Å². The van der Waals surface area contributed by atoms with Gasteiger partial charge < -0.3 is 19.6 Å². The van der Waals surface area contributed by atoms with Crippen LogP contribution in [0, 0.1) is 5.92 Å². The van der Waals surface area contributed by atoms with E-state index in [4.69, 9.17) is 4.74 Å². The van der Waals surface area contributed by atoms with Crippen molar-refractivity contribution in [1.82, 2.24) is 4.90 Å². The third-order valence-corrected chi connectivity index (χ3v) is 5.53. The highest BCUT2D eigenvalue weighted by molar-refractivity contribution is 5.85. The molecule has 0 aromatic heterocycles. The van der Waals surface area contributed by atoms with Crippen molar-refractivity contribution in [3.05, 3.63) is 54.1 Å². The molecule has 1 N–H and O–H groups in total. The number of aliphatic carboxylic acids is 1. The van der Waals surface area contributed by atoms with E-state index in [1.54, 1.807) is 0 Å². The lowest BCUT2D eigenvalue weighted by Gasteiger charge is -2.32. The van der Waals surface area contributed by atoms with Crippen LogP contribution in [0.2, 0.25) is 0 Å². The van der Waals surface area contributed by atoms with Crippen LogP contribution in [0.5, 0.6) is 5.75 Å². The largest absolute Gasteiger partial charge is 0.487 e. The van der Waals surface area contributed by atoms with Crippen molar-refractivity contribution in [3.8, 4) is 5.75 Å². The van der Waals surface area contributed by atoms with Crippen LogP contribution in [-0.2, 0) is 11.4 Å². The number of hydrogen-bond acceptors (Lipinski definition) is 4. The maximum Gasteiger partial charge on any atom is 0.307 e. The molecule has 1 fully saturated rings. The Morgan fingerprint density at radius 2 is 1.82 bits per heavy atom. The van der Waals surface area contributed by atoms with Gasteiger partial charge in [-0.25, -0.2) is 0 Å². The molecule has 2 aliphatic heterocycles. The molecular formula is C22H27ClN2O3. The molecule has 4 rings (SSSR count). The summed E-state index contributed by atoms with van der Waals surface area (Å²) in [6.45, 7) is 4.05. The monoisotopic (exact) mass is 402 g/mol. The first-order valence-corrected chi connectivity index (χ1v) is 9.75. The highest BCUT2D eigenvalue weighted by Crippen LogP contribution is 2.39. The fourth-order valence-corrected chi connectivity index (χ4v) is 4.14. The number of piperidine rings is 1. The van der Waals surface area contributed by atoms with Crippen LogP contribution in [0.15, 0.2) is 48.5 Å². The quantitative estimate of drug-likeness (QED) is 0.806. The van der Waals surface area contributed by atoms with Gasteiger partial charge in [-0.05, 0) is 50.6 Å². The van der Waals surface area contributed by atoms with E-state index < -0.39 is 5.97 Å².